The van der Waals surface area contributed by atoms with Crippen LogP contribution in [0, 0.1) is 0 Å². The molecule has 4 atom stereocenters. The normalized spacial score (nSPS) is 27.1. The lowest BCUT2D eigenvalue weighted by Gasteiger charge is -2.38. The molecule has 1 saturated carbocycles. The number of ether oxygens (including phenoxy) is 2. The fourth-order valence-corrected chi connectivity index (χ4v) is 3.04. The third-order valence-electron chi connectivity index (χ3n) is 4.44. The van der Waals surface area contributed by atoms with Gasteiger partial charge in [-0.15, -0.1) is 0 Å². The van der Waals surface area contributed by atoms with Gasteiger partial charge in [0, 0.05) is 0 Å². The van der Waals surface area contributed by atoms with Crippen LogP contribution >= 0.6 is 0 Å². The highest BCUT2D eigenvalue weighted by Crippen LogP contribution is 2.26. The molecule has 128 valence electrons. The zero-order chi connectivity index (χ0) is 16.8. The summed E-state index contributed by atoms with van der Waals surface area (Å²) in [5.41, 5.74) is 2.12. The van der Waals surface area contributed by atoms with E-state index in [9.17, 15) is 10.2 Å². The largest absolute Gasteiger partial charge is 0.390 e. The van der Waals surface area contributed by atoms with Crippen LogP contribution in [0.1, 0.15) is 24.0 Å². The molecule has 3 rings (SSSR count). The zero-order valence-electron chi connectivity index (χ0n) is 13.6. The van der Waals surface area contributed by atoms with Crippen LogP contribution in [0.2, 0.25) is 0 Å². The Bertz CT molecular complexity index is 602. The van der Waals surface area contributed by atoms with Crippen molar-refractivity contribution in [3.05, 3.63) is 71.8 Å². The molecule has 1 fully saturated rings. The van der Waals surface area contributed by atoms with Crippen LogP contribution in [-0.4, -0.2) is 34.6 Å². The van der Waals surface area contributed by atoms with E-state index in [1.54, 1.807) is 0 Å². The van der Waals surface area contributed by atoms with Crippen LogP contribution in [-0.2, 0) is 22.7 Å². The summed E-state index contributed by atoms with van der Waals surface area (Å²) in [5, 5.41) is 20.3. The van der Waals surface area contributed by atoms with E-state index in [0.29, 0.717) is 26.1 Å². The average Bonchev–Trinajstić information content (AvgIpc) is 2.63. The molecule has 0 unspecified atom stereocenters. The van der Waals surface area contributed by atoms with E-state index in [1.807, 2.05) is 60.7 Å². The second kappa shape index (κ2) is 8.40. The number of aliphatic hydroxyl groups excluding tert-OH is 2. The summed E-state index contributed by atoms with van der Waals surface area (Å²) < 4.78 is 11.9. The third kappa shape index (κ3) is 4.42. The maximum Gasteiger partial charge on any atom is 0.112 e. The molecule has 2 aromatic rings. The fourth-order valence-electron chi connectivity index (χ4n) is 3.04. The van der Waals surface area contributed by atoms with Crippen LogP contribution < -0.4 is 0 Å². The molecular weight excluding hydrogens is 304 g/mol. The lowest BCUT2D eigenvalue weighted by molar-refractivity contribution is -0.182. The predicted octanol–water partition coefficient (Wildman–Crippen LogP) is 2.67. The minimum absolute atomic E-state index is 0.229. The second-order valence-corrected chi connectivity index (χ2v) is 6.23. The van der Waals surface area contributed by atoms with Crippen LogP contribution in [0.15, 0.2) is 60.7 Å². The van der Waals surface area contributed by atoms with Gasteiger partial charge in [-0.1, -0.05) is 60.7 Å². The van der Waals surface area contributed by atoms with Gasteiger partial charge in [0.05, 0.1) is 25.4 Å². The molecule has 0 amide bonds. The Balaban J connectivity index is 1.61. The molecule has 2 aromatic carbocycles. The quantitative estimate of drug-likeness (QED) is 0.856. The summed E-state index contributed by atoms with van der Waals surface area (Å²) in [6.07, 6.45) is -1.26. The summed E-state index contributed by atoms with van der Waals surface area (Å²) in [4.78, 5) is 0. The summed E-state index contributed by atoms with van der Waals surface area (Å²) in [7, 11) is 0. The Labute approximate surface area is 142 Å². The van der Waals surface area contributed by atoms with Crippen molar-refractivity contribution >= 4 is 0 Å². The van der Waals surface area contributed by atoms with E-state index < -0.39 is 18.3 Å². The van der Waals surface area contributed by atoms with E-state index in [-0.39, 0.29) is 6.10 Å². The number of hydrogen-bond donors (Lipinski definition) is 2. The van der Waals surface area contributed by atoms with Crippen molar-refractivity contribution < 1.29 is 19.7 Å². The Morgan fingerprint density at radius 1 is 0.750 bits per heavy atom. The highest BCUT2D eigenvalue weighted by atomic mass is 16.5. The summed E-state index contributed by atoms with van der Waals surface area (Å²) in [6.45, 7) is 0.861. The molecule has 0 aliphatic heterocycles. The molecule has 0 radical (unpaired) electrons. The molecule has 24 heavy (non-hydrogen) atoms. The SMILES string of the molecule is O[C@H]1[C@H](OCc2ccccc2)[C@@H](OCc2ccccc2)CC[C@H]1O. The van der Waals surface area contributed by atoms with Crippen LogP contribution in [0.25, 0.3) is 0 Å². The van der Waals surface area contributed by atoms with Gasteiger partial charge in [0.2, 0.25) is 0 Å². The Morgan fingerprint density at radius 2 is 1.29 bits per heavy atom. The number of hydrogen-bond acceptors (Lipinski definition) is 4. The van der Waals surface area contributed by atoms with Crippen molar-refractivity contribution in [2.75, 3.05) is 0 Å². The van der Waals surface area contributed by atoms with Crippen molar-refractivity contribution in [1.82, 2.24) is 0 Å². The first-order valence-electron chi connectivity index (χ1n) is 8.41. The van der Waals surface area contributed by atoms with E-state index in [0.717, 1.165) is 11.1 Å². The zero-order valence-corrected chi connectivity index (χ0v) is 13.6. The molecule has 0 bridgehead atoms. The average molecular weight is 328 g/mol. The van der Waals surface area contributed by atoms with E-state index in [1.165, 1.54) is 0 Å². The van der Waals surface area contributed by atoms with Crippen molar-refractivity contribution in [2.24, 2.45) is 0 Å². The van der Waals surface area contributed by atoms with Crippen molar-refractivity contribution in [3.63, 3.8) is 0 Å². The van der Waals surface area contributed by atoms with E-state index in [2.05, 4.69) is 0 Å². The Morgan fingerprint density at radius 3 is 1.88 bits per heavy atom. The molecule has 4 nitrogen and oxygen atoms in total. The fraction of sp³-hybridized carbons (Fsp3) is 0.400. The van der Waals surface area contributed by atoms with Crippen molar-refractivity contribution in [3.8, 4) is 0 Å². The van der Waals surface area contributed by atoms with Gasteiger partial charge in [0.15, 0.2) is 0 Å². The topological polar surface area (TPSA) is 58.9 Å². The van der Waals surface area contributed by atoms with Gasteiger partial charge in [0.1, 0.15) is 12.2 Å². The van der Waals surface area contributed by atoms with Gasteiger partial charge in [-0.05, 0) is 24.0 Å². The molecule has 4 heteroatoms. The maximum atomic E-state index is 10.3. The summed E-state index contributed by atoms with van der Waals surface area (Å²) >= 11 is 0. The molecular formula is C20H24O4. The van der Waals surface area contributed by atoms with Gasteiger partial charge >= 0.3 is 0 Å². The lowest BCUT2D eigenvalue weighted by Crippen LogP contribution is -2.51. The standard InChI is InChI=1S/C20H24O4/c21-17-11-12-18(23-13-15-7-3-1-4-8-15)20(19(17)22)24-14-16-9-5-2-6-10-16/h1-10,17-22H,11-14H2/t17-,18+,19-,20-/m1/s1. The van der Waals surface area contributed by atoms with E-state index in [4.69, 9.17) is 9.47 Å². The van der Waals surface area contributed by atoms with Crippen LogP contribution in [0.5, 0.6) is 0 Å². The van der Waals surface area contributed by atoms with Gasteiger partial charge < -0.3 is 19.7 Å². The second-order valence-electron chi connectivity index (χ2n) is 6.23. The molecule has 0 saturated heterocycles. The Hall–Kier alpha value is -1.72. The molecule has 0 heterocycles. The minimum atomic E-state index is -0.928. The first kappa shape index (κ1) is 17.1. The monoisotopic (exact) mass is 328 g/mol. The maximum absolute atomic E-state index is 10.3. The number of aliphatic hydroxyl groups is 2. The van der Waals surface area contributed by atoms with Crippen LogP contribution in [0.4, 0.5) is 0 Å². The van der Waals surface area contributed by atoms with Gasteiger partial charge in [-0.3, -0.25) is 0 Å². The molecule has 0 aromatic heterocycles. The number of rotatable bonds is 6. The smallest absolute Gasteiger partial charge is 0.112 e. The molecule has 1 aliphatic rings. The van der Waals surface area contributed by atoms with Gasteiger partial charge in [-0.25, -0.2) is 0 Å². The summed E-state index contributed by atoms with van der Waals surface area (Å²) in [5.74, 6) is 0. The van der Waals surface area contributed by atoms with Gasteiger partial charge in [0.25, 0.3) is 0 Å². The minimum Gasteiger partial charge on any atom is -0.390 e. The highest BCUT2D eigenvalue weighted by Gasteiger charge is 2.39. The highest BCUT2D eigenvalue weighted by molar-refractivity contribution is 5.14. The third-order valence-corrected chi connectivity index (χ3v) is 4.44. The predicted molar refractivity (Wildman–Crippen MR) is 91.3 cm³/mol. The first-order valence-corrected chi connectivity index (χ1v) is 8.41. The molecule has 2 N–H and O–H groups in total. The first-order chi connectivity index (χ1) is 11.7. The van der Waals surface area contributed by atoms with Crippen LogP contribution in [0.3, 0.4) is 0 Å². The lowest BCUT2D eigenvalue weighted by atomic mass is 9.89. The van der Waals surface area contributed by atoms with E-state index >= 15 is 0 Å². The summed E-state index contributed by atoms with van der Waals surface area (Å²) in [6, 6.07) is 19.7. The van der Waals surface area contributed by atoms with Gasteiger partial charge in [-0.2, -0.15) is 0 Å². The molecule has 0 spiro atoms. The molecule has 1 aliphatic carbocycles. The van der Waals surface area contributed by atoms with Crippen molar-refractivity contribution in [1.29, 1.82) is 0 Å². The van der Waals surface area contributed by atoms with Crippen molar-refractivity contribution in [2.45, 2.75) is 50.5 Å². The number of benzene rings is 2. The Kier molecular flexibility index (Phi) is 5.99.